The number of nitrogens with zero attached hydrogens (tertiary/aromatic N) is 1. The smallest absolute Gasteiger partial charge is 0.242 e. The molecule has 3 N–H and O–H groups in total. The summed E-state index contributed by atoms with van der Waals surface area (Å²) in [6.07, 6.45) is 5.89. The minimum atomic E-state index is -0.572. The van der Waals surface area contributed by atoms with Gasteiger partial charge in [-0.05, 0) is 63.9 Å². The molecular weight excluding hydrogens is 448 g/mol. The van der Waals surface area contributed by atoms with E-state index in [4.69, 9.17) is 0 Å². The van der Waals surface area contributed by atoms with Crippen LogP contribution in [0.25, 0.3) is 10.9 Å². The lowest BCUT2D eigenvalue weighted by molar-refractivity contribution is -0.129. The summed E-state index contributed by atoms with van der Waals surface area (Å²) >= 11 is 0. The molecular formula is C27H35ClN4O2. The number of benzene rings is 2. The maximum Gasteiger partial charge on any atom is 0.242 e. The Labute approximate surface area is 207 Å². The Kier molecular flexibility index (Phi) is 8.39. The highest BCUT2D eigenvalue weighted by Crippen LogP contribution is 2.41. The van der Waals surface area contributed by atoms with Crippen molar-refractivity contribution in [1.82, 2.24) is 20.5 Å². The van der Waals surface area contributed by atoms with Gasteiger partial charge in [-0.1, -0.05) is 48.5 Å². The molecule has 3 aromatic rings. The van der Waals surface area contributed by atoms with Crippen LogP contribution in [0.3, 0.4) is 0 Å². The number of H-pyrrole nitrogens is 1. The third-order valence-corrected chi connectivity index (χ3v) is 7.12. The van der Waals surface area contributed by atoms with Gasteiger partial charge in [-0.3, -0.25) is 14.5 Å². The van der Waals surface area contributed by atoms with Gasteiger partial charge >= 0.3 is 0 Å². The van der Waals surface area contributed by atoms with Crippen molar-refractivity contribution in [2.45, 2.75) is 56.7 Å². The molecule has 1 aliphatic rings. The fourth-order valence-corrected chi connectivity index (χ4v) is 5.12. The van der Waals surface area contributed by atoms with E-state index in [1.807, 2.05) is 36.5 Å². The Morgan fingerprint density at radius 2 is 1.71 bits per heavy atom. The van der Waals surface area contributed by atoms with Crippen LogP contribution in [0.1, 0.15) is 43.7 Å². The first-order valence-corrected chi connectivity index (χ1v) is 11.8. The van der Waals surface area contributed by atoms with Crippen LogP contribution in [-0.2, 0) is 21.5 Å². The van der Waals surface area contributed by atoms with Crippen molar-refractivity contribution < 1.29 is 9.59 Å². The maximum absolute atomic E-state index is 12.8. The van der Waals surface area contributed by atoms with Gasteiger partial charge < -0.3 is 15.6 Å². The standard InChI is InChI=1S/C27H34N4O2.ClH/c1-19(29-25(32)17-20-18-28-24-12-8-7-11-23(20)24)26(33)30-22-13-15-27(16-14-22,31(2)3)21-9-5-4-6-10-21;/h4-12,18-19,22,28H,13-17H2,1-3H3,(H,29,32)(H,30,33);1H. The molecule has 7 heteroatoms. The maximum atomic E-state index is 12.8. The Morgan fingerprint density at radius 3 is 2.38 bits per heavy atom. The van der Waals surface area contributed by atoms with E-state index in [9.17, 15) is 9.59 Å². The van der Waals surface area contributed by atoms with E-state index in [-0.39, 0.29) is 42.2 Å². The van der Waals surface area contributed by atoms with Gasteiger partial charge in [0.25, 0.3) is 0 Å². The Morgan fingerprint density at radius 1 is 1.06 bits per heavy atom. The number of nitrogens with one attached hydrogen (secondary N) is 3. The van der Waals surface area contributed by atoms with Gasteiger partial charge in [0.1, 0.15) is 6.04 Å². The van der Waals surface area contributed by atoms with Crippen LogP contribution in [-0.4, -0.2) is 47.9 Å². The number of aromatic amines is 1. The Balaban J connectivity index is 0.00000324. The number of rotatable bonds is 7. The van der Waals surface area contributed by atoms with Gasteiger partial charge in [0.05, 0.1) is 6.42 Å². The highest BCUT2D eigenvalue weighted by Gasteiger charge is 2.39. The van der Waals surface area contributed by atoms with Gasteiger partial charge in [-0.2, -0.15) is 0 Å². The Hall–Kier alpha value is -2.83. The highest BCUT2D eigenvalue weighted by atomic mass is 35.5. The van der Waals surface area contributed by atoms with E-state index in [0.29, 0.717) is 0 Å². The van der Waals surface area contributed by atoms with Gasteiger partial charge in [0, 0.05) is 28.7 Å². The van der Waals surface area contributed by atoms with Crippen LogP contribution in [0.15, 0.2) is 60.8 Å². The van der Waals surface area contributed by atoms with Gasteiger partial charge in [0.15, 0.2) is 0 Å². The third kappa shape index (κ3) is 5.45. The van der Waals surface area contributed by atoms with E-state index in [2.05, 4.69) is 58.9 Å². The molecule has 1 heterocycles. The lowest BCUT2D eigenvalue weighted by atomic mass is 9.74. The second-order valence-corrected chi connectivity index (χ2v) is 9.40. The second-order valence-electron chi connectivity index (χ2n) is 9.40. The van der Waals surface area contributed by atoms with E-state index < -0.39 is 6.04 Å². The van der Waals surface area contributed by atoms with Crippen LogP contribution in [0, 0.1) is 0 Å². The summed E-state index contributed by atoms with van der Waals surface area (Å²) < 4.78 is 0. The molecule has 34 heavy (non-hydrogen) atoms. The first kappa shape index (κ1) is 25.8. The second kappa shape index (κ2) is 11.1. The lowest BCUT2D eigenvalue weighted by Gasteiger charge is -2.45. The largest absolute Gasteiger partial charge is 0.361 e. The molecule has 1 aromatic heterocycles. The molecule has 0 bridgehead atoms. The van der Waals surface area contributed by atoms with Crippen LogP contribution in [0.2, 0.25) is 0 Å². The van der Waals surface area contributed by atoms with Crippen LogP contribution in [0.4, 0.5) is 0 Å². The number of halogens is 1. The minimum Gasteiger partial charge on any atom is -0.361 e. The van der Waals surface area contributed by atoms with E-state index >= 15 is 0 Å². The molecule has 2 aromatic carbocycles. The van der Waals surface area contributed by atoms with E-state index in [0.717, 1.165) is 42.1 Å². The van der Waals surface area contributed by atoms with Crippen molar-refractivity contribution in [3.63, 3.8) is 0 Å². The summed E-state index contributed by atoms with van der Waals surface area (Å²) in [6.45, 7) is 1.75. The molecule has 0 saturated heterocycles. The molecule has 1 atom stereocenters. The molecule has 1 unspecified atom stereocenters. The van der Waals surface area contributed by atoms with Gasteiger partial charge in [0.2, 0.25) is 11.8 Å². The zero-order valence-electron chi connectivity index (χ0n) is 20.1. The lowest BCUT2D eigenvalue weighted by Crippen LogP contribution is -2.52. The number of hydrogen-bond donors (Lipinski definition) is 3. The summed E-state index contributed by atoms with van der Waals surface area (Å²) in [5.41, 5.74) is 3.27. The van der Waals surface area contributed by atoms with Gasteiger partial charge in [-0.25, -0.2) is 0 Å². The predicted octanol–water partition coefficient (Wildman–Crippen LogP) is 4.15. The average molecular weight is 483 g/mol. The van der Waals surface area contributed by atoms with Crippen molar-refractivity contribution in [1.29, 1.82) is 0 Å². The number of para-hydroxylation sites is 1. The van der Waals surface area contributed by atoms with Crippen molar-refractivity contribution in [2.75, 3.05) is 14.1 Å². The molecule has 4 rings (SSSR count). The predicted molar refractivity (Wildman–Crippen MR) is 139 cm³/mol. The topological polar surface area (TPSA) is 77.2 Å². The SMILES string of the molecule is CC(NC(=O)Cc1c[nH]c2ccccc12)C(=O)NC1CCC(c2ccccc2)(N(C)C)CC1.Cl. The van der Waals surface area contributed by atoms with Crippen molar-refractivity contribution >= 4 is 35.1 Å². The normalized spacial score (nSPS) is 21.0. The Bertz CT molecular complexity index is 1100. The molecule has 0 aliphatic heterocycles. The number of carbonyl (C=O) groups is 2. The van der Waals surface area contributed by atoms with Crippen LogP contribution < -0.4 is 10.6 Å². The first-order valence-electron chi connectivity index (χ1n) is 11.8. The summed E-state index contributed by atoms with van der Waals surface area (Å²) in [5.74, 6) is -0.272. The summed E-state index contributed by atoms with van der Waals surface area (Å²) in [7, 11) is 4.27. The van der Waals surface area contributed by atoms with Crippen LogP contribution >= 0.6 is 12.4 Å². The van der Waals surface area contributed by atoms with Crippen LogP contribution in [0.5, 0.6) is 0 Å². The number of carbonyl (C=O) groups excluding carboxylic acids is 2. The van der Waals surface area contributed by atoms with Gasteiger partial charge in [-0.15, -0.1) is 12.4 Å². The first-order chi connectivity index (χ1) is 15.9. The van der Waals surface area contributed by atoms with Crippen molar-refractivity contribution in [3.8, 4) is 0 Å². The van der Waals surface area contributed by atoms with Crippen molar-refractivity contribution in [2.24, 2.45) is 0 Å². The molecule has 0 spiro atoms. The average Bonchev–Trinajstić information content (AvgIpc) is 3.22. The highest BCUT2D eigenvalue weighted by molar-refractivity contribution is 5.91. The quantitative estimate of drug-likeness (QED) is 0.473. The zero-order valence-corrected chi connectivity index (χ0v) is 21.0. The van der Waals surface area contributed by atoms with E-state index in [1.54, 1.807) is 6.92 Å². The molecule has 1 aliphatic carbocycles. The number of hydrogen-bond acceptors (Lipinski definition) is 3. The minimum absolute atomic E-state index is 0. The summed E-state index contributed by atoms with van der Waals surface area (Å²) in [4.78, 5) is 30.9. The monoisotopic (exact) mass is 482 g/mol. The summed E-state index contributed by atoms with van der Waals surface area (Å²) in [5, 5.41) is 7.06. The number of aromatic nitrogens is 1. The fraction of sp³-hybridized carbons (Fsp3) is 0.407. The fourth-order valence-electron chi connectivity index (χ4n) is 5.12. The van der Waals surface area contributed by atoms with Crippen molar-refractivity contribution in [3.05, 3.63) is 71.9 Å². The van der Waals surface area contributed by atoms with E-state index in [1.165, 1.54) is 5.56 Å². The molecule has 1 fully saturated rings. The number of amides is 2. The molecule has 2 amide bonds. The molecule has 0 radical (unpaired) electrons. The third-order valence-electron chi connectivity index (χ3n) is 7.12. The summed E-state index contributed by atoms with van der Waals surface area (Å²) in [6, 6.07) is 18.1. The zero-order chi connectivity index (χ0) is 23.4. The molecule has 182 valence electrons. The molecule has 6 nitrogen and oxygen atoms in total. The number of fused-ring (bicyclic) bond motifs is 1. The molecule has 1 saturated carbocycles.